The predicted octanol–water partition coefficient (Wildman–Crippen LogP) is 2.79. The molecule has 0 aliphatic carbocycles. The topological polar surface area (TPSA) is 46.2 Å². The van der Waals surface area contributed by atoms with E-state index in [0.29, 0.717) is 11.1 Å². The monoisotopic (exact) mass is 261 g/mol. The zero-order chi connectivity index (χ0) is 14.1. The van der Waals surface area contributed by atoms with Crippen LogP contribution in [-0.2, 0) is 5.60 Å². The SMILES string of the molecule is CCC(N)C(O)(c1cc(C)ccc1C)C(F)(F)F. The summed E-state index contributed by atoms with van der Waals surface area (Å²) < 4.78 is 39.6. The molecule has 2 nitrogen and oxygen atoms in total. The number of halogens is 3. The van der Waals surface area contributed by atoms with Gasteiger partial charge in [0.25, 0.3) is 0 Å². The Morgan fingerprint density at radius 2 is 1.83 bits per heavy atom. The molecule has 1 aromatic rings. The standard InChI is InChI=1S/C13H18F3NO/c1-4-11(17)12(18,13(14,15)16)10-7-8(2)5-6-9(10)3/h5-7,11,18H,4,17H2,1-3H3. The molecular formula is C13H18F3NO. The molecule has 0 aliphatic rings. The van der Waals surface area contributed by atoms with E-state index in [9.17, 15) is 18.3 Å². The summed E-state index contributed by atoms with van der Waals surface area (Å²) in [6.45, 7) is 4.73. The van der Waals surface area contributed by atoms with Crippen molar-refractivity contribution in [2.75, 3.05) is 0 Å². The second-order valence-electron chi connectivity index (χ2n) is 4.60. The molecule has 0 saturated carbocycles. The van der Waals surface area contributed by atoms with Crippen LogP contribution in [0.1, 0.15) is 30.0 Å². The molecule has 5 heteroatoms. The van der Waals surface area contributed by atoms with Gasteiger partial charge in [0.1, 0.15) is 0 Å². The summed E-state index contributed by atoms with van der Waals surface area (Å²) in [4.78, 5) is 0. The fraction of sp³-hybridized carbons (Fsp3) is 0.538. The summed E-state index contributed by atoms with van der Waals surface area (Å²) in [5.41, 5.74) is 3.39. The van der Waals surface area contributed by atoms with Crippen LogP contribution in [0.4, 0.5) is 13.2 Å². The highest BCUT2D eigenvalue weighted by Crippen LogP contribution is 2.43. The van der Waals surface area contributed by atoms with Crippen molar-refractivity contribution in [2.24, 2.45) is 5.73 Å². The lowest BCUT2D eigenvalue weighted by atomic mass is 9.81. The Hall–Kier alpha value is -1.07. The molecule has 102 valence electrons. The second kappa shape index (κ2) is 4.90. The van der Waals surface area contributed by atoms with E-state index in [1.165, 1.54) is 19.9 Å². The van der Waals surface area contributed by atoms with Gasteiger partial charge >= 0.3 is 6.18 Å². The summed E-state index contributed by atoms with van der Waals surface area (Å²) in [5.74, 6) is 0. The first-order chi connectivity index (χ1) is 8.14. The van der Waals surface area contributed by atoms with Crippen LogP contribution in [0.2, 0.25) is 0 Å². The summed E-state index contributed by atoms with van der Waals surface area (Å²) in [6, 6.07) is 3.22. The molecule has 0 amide bonds. The Labute approximate surface area is 105 Å². The van der Waals surface area contributed by atoms with E-state index in [2.05, 4.69) is 0 Å². The zero-order valence-electron chi connectivity index (χ0n) is 10.7. The largest absolute Gasteiger partial charge is 0.423 e. The van der Waals surface area contributed by atoms with Crippen molar-refractivity contribution >= 4 is 0 Å². The van der Waals surface area contributed by atoms with Gasteiger partial charge in [-0.3, -0.25) is 0 Å². The highest BCUT2D eigenvalue weighted by atomic mass is 19.4. The van der Waals surface area contributed by atoms with E-state index in [0.717, 1.165) is 0 Å². The lowest BCUT2D eigenvalue weighted by Crippen LogP contribution is -2.55. The Morgan fingerprint density at radius 1 is 1.28 bits per heavy atom. The molecule has 0 fully saturated rings. The molecular weight excluding hydrogens is 243 g/mol. The molecule has 1 aromatic carbocycles. The number of aryl methyl sites for hydroxylation is 2. The molecule has 3 N–H and O–H groups in total. The molecule has 0 radical (unpaired) electrons. The third-order valence-corrected chi connectivity index (χ3v) is 3.21. The van der Waals surface area contributed by atoms with Crippen molar-refractivity contribution in [1.82, 2.24) is 0 Å². The number of nitrogens with two attached hydrogens (primary N) is 1. The predicted molar refractivity (Wildman–Crippen MR) is 64.1 cm³/mol. The number of aliphatic hydroxyl groups is 1. The van der Waals surface area contributed by atoms with Crippen molar-refractivity contribution in [3.63, 3.8) is 0 Å². The lowest BCUT2D eigenvalue weighted by Gasteiger charge is -2.36. The van der Waals surface area contributed by atoms with Gasteiger partial charge in [-0.25, -0.2) is 0 Å². The Bertz CT molecular complexity index is 431. The molecule has 2 atom stereocenters. The van der Waals surface area contributed by atoms with Gasteiger partial charge in [0, 0.05) is 6.04 Å². The number of hydrogen-bond acceptors (Lipinski definition) is 2. The molecule has 2 unspecified atom stereocenters. The number of hydrogen-bond donors (Lipinski definition) is 2. The summed E-state index contributed by atoms with van der Waals surface area (Å²) in [6.07, 6.45) is -4.77. The smallest absolute Gasteiger partial charge is 0.375 e. The molecule has 0 saturated heterocycles. The third kappa shape index (κ3) is 2.37. The summed E-state index contributed by atoms with van der Waals surface area (Å²) in [7, 11) is 0. The first kappa shape index (κ1) is 15.0. The van der Waals surface area contributed by atoms with E-state index in [4.69, 9.17) is 5.73 Å². The Kier molecular flexibility index (Phi) is 4.08. The quantitative estimate of drug-likeness (QED) is 0.878. The van der Waals surface area contributed by atoms with Gasteiger partial charge < -0.3 is 10.8 Å². The van der Waals surface area contributed by atoms with Crippen LogP contribution in [0.15, 0.2) is 18.2 Å². The van der Waals surface area contributed by atoms with Gasteiger partial charge in [-0.2, -0.15) is 13.2 Å². The molecule has 0 heterocycles. The molecule has 18 heavy (non-hydrogen) atoms. The van der Waals surface area contributed by atoms with E-state index >= 15 is 0 Å². The van der Waals surface area contributed by atoms with Crippen LogP contribution in [0.25, 0.3) is 0 Å². The highest BCUT2D eigenvalue weighted by Gasteiger charge is 2.58. The molecule has 0 aliphatic heterocycles. The maximum atomic E-state index is 13.2. The van der Waals surface area contributed by atoms with Crippen LogP contribution in [0, 0.1) is 13.8 Å². The van der Waals surface area contributed by atoms with Crippen LogP contribution < -0.4 is 5.73 Å². The first-order valence-corrected chi connectivity index (χ1v) is 5.77. The maximum Gasteiger partial charge on any atom is 0.423 e. The van der Waals surface area contributed by atoms with Crippen LogP contribution in [0.3, 0.4) is 0 Å². The van der Waals surface area contributed by atoms with Crippen molar-refractivity contribution < 1.29 is 18.3 Å². The van der Waals surface area contributed by atoms with Gasteiger partial charge in [-0.15, -0.1) is 0 Å². The fourth-order valence-corrected chi connectivity index (χ4v) is 2.00. The van der Waals surface area contributed by atoms with Gasteiger partial charge in [-0.05, 0) is 31.4 Å². The maximum absolute atomic E-state index is 13.2. The summed E-state index contributed by atoms with van der Waals surface area (Å²) >= 11 is 0. The number of rotatable bonds is 3. The Balaban J connectivity index is 3.49. The second-order valence-corrected chi connectivity index (χ2v) is 4.60. The molecule has 1 rings (SSSR count). The Morgan fingerprint density at radius 3 is 2.28 bits per heavy atom. The average Bonchev–Trinajstić information content (AvgIpc) is 2.28. The van der Waals surface area contributed by atoms with E-state index < -0.39 is 17.8 Å². The minimum atomic E-state index is -4.80. The minimum Gasteiger partial charge on any atom is -0.375 e. The minimum absolute atomic E-state index is 0.0311. The van der Waals surface area contributed by atoms with Crippen LogP contribution >= 0.6 is 0 Å². The molecule has 0 spiro atoms. The molecule has 0 aromatic heterocycles. The summed E-state index contributed by atoms with van der Waals surface area (Å²) in [5, 5.41) is 10.1. The van der Waals surface area contributed by atoms with Crippen molar-refractivity contribution in [3.05, 3.63) is 34.9 Å². The normalized spacial score (nSPS) is 17.3. The van der Waals surface area contributed by atoms with Crippen molar-refractivity contribution in [3.8, 4) is 0 Å². The zero-order valence-corrected chi connectivity index (χ0v) is 10.7. The van der Waals surface area contributed by atoms with Crippen LogP contribution in [-0.4, -0.2) is 17.3 Å². The van der Waals surface area contributed by atoms with E-state index in [1.54, 1.807) is 19.1 Å². The molecule has 0 bridgehead atoms. The lowest BCUT2D eigenvalue weighted by molar-refractivity contribution is -0.274. The number of benzene rings is 1. The first-order valence-electron chi connectivity index (χ1n) is 5.77. The van der Waals surface area contributed by atoms with Gasteiger partial charge in [0.15, 0.2) is 0 Å². The van der Waals surface area contributed by atoms with Gasteiger partial charge in [-0.1, -0.05) is 30.7 Å². The van der Waals surface area contributed by atoms with E-state index in [1.807, 2.05) is 0 Å². The fourth-order valence-electron chi connectivity index (χ4n) is 2.00. The van der Waals surface area contributed by atoms with Gasteiger partial charge in [0.2, 0.25) is 5.60 Å². The van der Waals surface area contributed by atoms with Gasteiger partial charge in [0.05, 0.1) is 0 Å². The number of alkyl halides is 3. The van der Waals surface area contributed by atoms with Crippen molar-refractivity contribution in [1.29, 1.82) is 0 Å². The van der Waals surface area contributed by atoms with E-state index in [-0.39, 0.29) is 12.0 Å². The van der Waals surface area contributed by atoms with Crippen molar-refractivity contribution in [2.45, 2.75) is 45.0 Å². The highest BCUT2D eigenvalue weighted by molar-refractivity contribution is 5.37. The average molecular weight is 261 g/mol. The van der Waals surface area contributed by atoms with Crippen LogP contribution in [0.5, 0.6) is 0 Å². The third-order valence-electron chi connectivity index (χ3n) is 3.21.